The number of rotatable bonds is 7. The Morgan fingerprint density at radius 2 is 1.61 bits per heavy atom. The minimum atomic E-state index is 0.0259. The van der Waals surface area contributed by atoms with Gasteiger partial charge in [-0.05, 0) is 33.2 Å². The second-order valence-electron chi connectivity index (χ2n) is 4.90. The summed E-state index contributed by atoms with van der Waals surface area (Å²) in [5.41, 5.74) is 5.49. The van der Waals surface area contributed by atoms with Crippen molar-refractivity contribution in [3.63, 3.8) is 0 Å². The fourth-order valence-corrected chi connectivity index (χ4v) is 1.91. The van der Waals surface area contributed by atoms with Gasteiger partial charge in [0.05, 0.1) is 13.2 Å². The number of nitrogens with two attached hydrogens (primary N) is 1. The van der Waals surface area contributed by atoms with Gasteiger partial charge in [-0.2, -0.15) is 0 Å². The van der Waals surface area contributed by atoms with Crippen LogP contribution in [0.4, 0.5) is 0 Å². The van der Waals surface area contributed by atoms with Crippen LogP contribution in [0, 0.1) is 0 Å². The van der Waals surface area contributed by atoms with Crippen LogP contribution in [0.2, 0.25) is 0 Å². The van der Waals surface area contributed by atoms with Gasteiger partial charge in [-0.1, -0.05) is 47.0 Å². The Bertz CT molecular complexity index is 305. The molecule has 1 aliphatic rings. The number of aliphatic imine (C=N–C) groups is 2. The summed E-state index contributed by atoms with van der Waals surface area (Å²) in [6, 6.07) is 0.0259. The minimum absolute atomic E-state index is 0.0259. The number of hydrogen-bond acceptors (Lipinski definition) is 5. The molecule has 2 N–H and O–H groups in total. The second kappa shape index (κ2) is 18.9. The van der Waals surface area contributed by atoms with Crippen molar-refractivity contribution in [2.24, 2.45) is 15.7 Å². The summed E-state index contributed by atoms with van der Waals surface area (Å²) in [5, 5.41) is 0. The van der Waals surface area contributed by atoms with Crippen molar-refractivity contribution in [1.82, 2.24) is 0 Å². The van der Waals surface area contributed by atoms with E-state index in [4.69, 9.17) is 15.2 Å². The lowest BCUT2D eigenvalue weighted by molar-refractivity contribution is 0.291. The second-order valence-corrected chi connectivity index (χ2v) is 4.90. The molecule has 138 valence electrons. The van der Waals surface area contributed by atoms with E-state index in [1.807, 2.05) is 27.7 Å². The standard InChI is InChI=1S/C13H25N3O2.C3H8.C2H6/c1-3-17-12-10-15-13(18-4-2)11(16-12)8-6-5-7-9-14;1-3-2;1-2/h11H,3-10,14H2,1-2H3;3H2,1-2H3;1-2H3/t11-;;/m1../s1. The number of ether oxygens (including phenoxy) is 2. The summed E-state index contributed by atoms with van der Waals surface area (Å²) in [6.07, 6.45) is 5.49. The Morgan fingerprint density at radius 1 is 1.00 bits per heavy atom. The molecule has 1 rings (SSSR count). The van der Waals surface area contributed by atoms with Crippen LogP contribution in [0.1, 0.15) is 73.6 Å². The van der Waals surface area contributed by atoms with Crippen molar-refractivity contribution in [2.75, 3.05) is 26.3 Å². The number of unbranched alkanes of at least 4 members (excludes halogenated alkanes) is 2. The molecule has 0 aromatic rings. The molecule has 0 aromatic carbocycles. The van der Waals surface area contributed by atoms with Gasteiger partial charge < -0.3 is 15.2 Å². The molecule has 0 bridgehead atoms. The molecule has 0 spiro atoms. The van der Waals surface area contributed by atoms with Gasteiger partial charge in [-0.25, -0.2) is 9.98 Å². The van der Waals surface area contributed by atoms with E-state index < -0.39 is 0 Å². The van der Waals surface area contributed by atoms with Crippen LogP contribution in [-0.4, -0.2) is 44.1 Å². The highest BCUT2D eigenvalue weighted by Gasteiger charge is 2.21. The van der Waals surface area contributed by atoms with Crippen LogP contribution < -0.4 is 5.73 Å². The molecule has 0 amide bonds. The number of nitrogens with zero attached hydrogens (tertiary/aromatic N) is 2. The van der Waals surface area contributed by atoms with Gasteiger partial charge in [0.25, 0.3) is 0 Å². The van der Waals surface area contributed by atoms with E-state index in [2.05, 4.69) is 23.8 Å². The Morgan fingerprint density at radius 3 is 2.13 bits per heavy atom. The van der Waals surface area contributed by atoms with Crippen LogP contribution >= 0.6 is 0 Å². The molecule has 1 heterocycles. The van der Waals surface area contributed by atoms with Gasteiger partial charge in [0.2, 0.25) is 11.8 Å². The van der Waals surface area contributed by atoms with Gasteiger partial charge in [-0.3, -0.25) is 0 Å². The lowest BCUT2D eigenvalue weighted by atomic mass is 10.1. The van der Waals surface area contributed by atoms with Crippen molar-refractivity contribution in [3.8, 4) is 0 Å². The first-order valence-electron chi connectivity index (χ1n) is 9.29. The van der Waals surface area contributed by atoms with Crippen molar-refractivity contribution in [2.45, 2.75) is 79.7 Å². The summed E-state index contributed by atoms with van der Waals surface area (Å²) < 4.78 is 11.0. The normalized spacial score (nSPS) is 16.0. The van der Waals surface area contributed by atoms with Gasteiger partial charge in [0.15, 0.2) is 0 Å². The van der Waals surface area contributed by atoms with Gasteiger partial charge >= 0.3 is 0 Å². The van der Waals surface area contributed by atoms with Crippen LogP contribution in [0.3, 0.4) is 0 Å². The smallest absolute Gasteiger partial charge is 0.209 e. The minimum Gasteiger partial charge on any atom is -0.480 e. The molecule has 0 radical (unpaired) electrons. The Kier molecular flexibility index (Phi) is 19.9. The largest absolute Gasteiger partial charge is 0.480 e. The molecule has 0 saturated heterocycles. The monoisotopic (exact) mass is 329 g/mol. The van der Waals surface area contributed by atoms with E-state index in [1.165, 1.54) is 6.42 Å². The molecule has 0 unspecified atom stereocenters. The van der Waals surface area contributed by atoms with Crippen LogP contribution in [0.25, 0.3) is 0 Å². The highest BCUT2D eigenvalue weighted by Crippen LogP contribution is 2.13. The van der Waals surface area contributed by atoms with E-state index in [0.717, 1.165) is 44.0 Å². The Labute approximate surface area is 143 Å². The molecule has 0 fully saturated rings. The third-order valence-electron chi connectivity index (χ3n) is 2.74. The topological polar surface area (TPSA) is 69.2 Å². The number of hydrogen-bond donors (Lipinski definition) is 1. The van der Waals surface area contributed by atoms with Gasteiger partial charge in [-0.15, -0.1) is 0 Å². The van der Waals surface area contributed by atoms with Crippen molar-refractivity contribution in [3.05, 3.63) is 0 Å². The highest BCUT2D eigenvalue weighted by molar-refractivity contribution is 5.91. The maximum Gasteiger partial charge on any atom is 0.209 e. The van der Waals surface area contributed by atoms with Crippen molar-refractivity contribution in [1.29, 1.82) is 0 Å². The predicted molar refractivity (Wildman–Crippen MR) is 102 cm³/mol. The van der Waals surface area contributed by atoms with Crippen LogP contribution in [-0.2, 0) is 9.47 Å². The summed E-state index contributed by atoms with van der Waals surface area (Å²) in [5.74, 6) is 1.48. The molecule has 5 heteroatoms. The SMILES string of the molecule is CC.CCC.CCOC1=N[C@H](CCCCCN)C(OCC)=NC1. The highest BCUT2D eigenvalue weighted by atomic mass is 16.5. The maximum atomic E-state index is 5.54. The lowest BCUT2D eigenvalue weighted by Gasteiger charge is -2.21. The Balaban J connectivity index is 0. The first-order chi connectivity index (χ1) is 11.2. The van der Waals surface area contributed by atoms with Gasteiger partial charge in [0, 0.05) is 0 Å². The quantitative estimate of drug-likeness (QED) is 0.712. The summed E-state index contributed by atoms with van der Waals surface area (Å²) in [6.45, 7) is 14.7. The molecule has 23 heavy (non-hydrogen) atoms. The molecule has 0 aliphatic carbocycles. The molecule has 1 atom stereocenters. The summed E-state index contributed by atoms with van der Waals surface area (Å²) in [4.78, 5) is 8.99. The van der Waals surface area contributed by atoms with Crippen molar-refractivity contribution < 1.29 is 9.47 Å². The van der Waals surface area contributed by atoms with Crippen LogP contribution in [0.5, 0.6) is 0 Å². The maximum absolute atomic E-state index is 5.54. The van der Waals surface area contributed by atoms with E-state index >= 15 is 0 Å². The Hall–Kier alpha value is -1.10. The third kappa shape index (κ3) is 13.1. The first-order valence-corrected chi connectivity index (χ1v) is 9.29. The predicted octanol–water partition coefficient (Wildman–Crippen LogP) is 4.20. The zero-order valence-electron chi connectivity index (χ0n) is 16.2. The average Bonchev–Trinajstić information content (AvgIpc) is 2.57. The summed E-state index contributed by atoms with van der Waals surface area (Å²) >= 11 is 0. The third-order valence-corrected chi connectivity index (χ3v) is 2.74. The molecular weight excluding hydrogens is 290 g/mol. The zero-order chi connectivity index (χ0) is 17.9. The van der Waals surface area contributed by atoms with Crippen LogP contribution in [0.15, 0.2) is 9.98 Å². The first kappa shape index (κ1) is 24.2. The molecule has 1 aliphatic heterocycles. The van der Waals surface area contributed by atoms with E-state index in [0.29, 0.717) is 19.8 Å². The molecule has 0 aromatic heterocycles. The molecule has 0 saturated carbocycles. The lowest BCUT2D eigenvalue weighted by Crippen LogP contribution is -2.30. The summed E-state index contributed by atoms with van der Waals surface area (Å²) in [7, 11) is 0. The van der Waals surface area contributed by atoms with E-state index in [-0.39, 0.29) is 6.04 Å². The molecule has 5 nitrogen and oxygen atoms in total. The fourth-order valence-electron chi connectivity index (χ4n) is 1.91. The van der Waals surface area contributed by atoms with Crippen molar-refractivity contribution >= 4 is 11.8 Å². The average molecular weight is 330 g/mol. The van der Waals surface area contributed by atoms with E-state index in [9.17, 15) is 0 Å². The fraction of sp³-hybridized carbons (Fsp3) is 0.889. The molecular formula is C18H39N3O2. The zero-order valence-corrected chi connectivity index (χ0v) is 16.2. The van der Waals surface area contributed by atoms with Gasteiger partial charge in [0.1, 0.15) is 12.6 Å². The van der Waals surface area contributed by atoms with E-state index in [1.54, 1.807) is 0 Å².